The molecule has 0 spiro atoms. The highest BCUT2D eigenvalue weighted by Crippen LogP contribution is 2.22. The van der Waals surface area contributed by atoms with Crippen LogP contribution in [0.25, 0.3) is 0 Å². The van der Waals surface area contributed by atoms with Crippen LogP contribution in [-0.4, -0.2) is 30.3 Å². The molecule has 2 N–H and O–H groups in total. The minimum Gasteiger partial charge on any atom is -0.455 e. The van der Waals surface area contributed by atoms with Gasteiger partial charge in [-0.25, -0.2) is 0 Å². The maximum atomic E-state index is 12.2. The molecule has 0 aromatic heterocycles. The molecule has 0 aliphatic carbocycles. The number of benzene rings is 2. The molecule has 2 aromatic rings. The van der Waals surface area contributed by atoms with Crippen LogP contribution in [0, 0.1) is 0 Å². The molecule has 7 nitrogen and oxygen atoms in total. The fraction of sp³-hybridized carbons (Fsp3) is 0.304. The lowest BCUT2D eigenvalue weighted by atomic mass is 9.87. The van der Waals surface area contributed by atoms with E-state index in [1.807, 2.05) is 12.1 Å². The Labute approximate surface area is 175 Å². The molecule has 0 bridgehead atoms. The van der Waals surface area contributed by atoms with Gasteiger partial charge >= 0.3 is 5.97 Å². The Balaban J connectivity index is 1.80. The van der Waals surface area contributed by atoms with Crippen molar-refractivity contribution in [1.82, 2.24) is 5.32 Å². The van der Waals surface area contributed by atoms with Crippen molar-refractivity contribution in [3.8, 4) is 0 Å². The average Bonchev–Trinajstić information content (AvgIpc) is 2.67. The maximum absolute atomic E-state index is 12.2. The van der Waals surface area contributed by atoms with Gasteiger partial charge in [0.1, 0.15) is 0 Å². The van der Waals surface area contributed by atoms with E-state index in [-0.39, 0.29) is 17.7 Å². The van der Waals surface area contributed by atoms with Crippen LogP contribution < -0.4 is 10.6 Å². The number of imide groups is 1. The van der Waals surface area contributed by atoms with Gasteiger partial charge in [0.25, 0.3) is 11.8 Å². The SMILES string of the molecule is CC(=O)Nc1ccc(CC(=O)OCC(=O)NC(=O)c2ccc(C(C)(C)C)cc2)cc1. The van der Waals surface area contributed by atoms with Crippen LogP contribution in [0.4, 0.5) is 5.69 Å². The van der Waals surface area contributed by atoms with E-state index in [9.17, 15) is 19.2 Å². The number of carbonyl (C=O) groups excluding carboxylic acids is 4. The van der Waals surface area contributed by atoms with Gasteiger partial charge in [0.15, 0.2) is 6.61 Å². The van der Waals surface area contributed by atoms with E-state index in [0.29, 0.717) is 16.8 Å². The molecule has 0 aliphatic rings. The highest BCUT2D eigenvalue weighted by Gasteiger charge is 2.16. The summed E-state index contributed by atoms with van der Waals surface area (Å²) in [7, 11) is 0. The zero-order valence-electron chi connectivity index (χ0n) is 17.6. The van der Waals surface area contributed by atoms with Crippen LogP contribution in [0.5, 0.6) is 0 Å². The highest BCUT2D eigenvalue weighted by molar-refractivity contribution is 6.05. The Morgan fingerprint density at radius 3 is 2.03 bits per heavy atom. The van der Waals surface area contributed by atoms with Crippen molar-refractivity contribution in [1.29, 1.82) is 0 Å². The standard InChI is InChI=1S/C23H26N2O5/c1-15(26)24-19-11-5-16(6-12-19)13-21(28)30-14-20(27)25-22(29)17-7-9-18(10-8-17)23(2,3)4/h5-12H,13-14H2,1-4H3,(H,24,26)(H,25,27,29). The zero-order valence-corrected chi connectivity index (χ0v) is 17.6. The lowest BCUT2D eigenvalue weighted by Crippen LogP contribution is -2.34. The van der Waals surface area contributed by atoms with Gasteiger partial charge < -0.3 is 10.1 Å². The van der Waals surface area contributed by atoms with Gasteiger partial charge in [0, 0.05) is 18.2 Å². The van der Waals surface area contributed by atoms with E-state index in [2.05, 4.69) is 31.4 Å². The molecule has 0 saturated carbocycles. The Morgan fingerprint density at radius 1 is 0.900 bits per heavy atom. The summed E-state index contributed by atoms with van der Waals surface area (Å²) in [6, 6.07) is 13.7. The van der Waals surface area contributed by atoms with Gasteiger partial charge in [-0.05, 0) is 40.8 Å². The van der Waals surface area contributed by atoms with Crippen molar-refractivity contribution < 1.29 is 23.9 Å². The first kappa shape index (κ1) is 22.8. The first-order chi connectivity index (χ1) is 14.0. The highest BCUT2D eigenvalue weighted by atomic mass is 16.5. The van der Waals surface area contributed by atoms with Gasteiger partial charge in [0.2, 0.25) is 5.91 Å². The average molecular weight is 410 g/mol. The van der Waals surface area contributed by atoms with E-state index in [1.165, 1.54) is 6.92 Å². The van der Waals surface area contributed by atoms with Crippen LogP contribution in [0.2, 0.25) is 0 Å². The molecule has 0 aliphatic heterocycles. The Bertz CT molecular complexity index is 926. The molecule has 0 atom stereocenters. The minimum absolute atomic E-state index is 0.0319. The molecule has 0 heterocycles. The van der Waals surface area contributed by atoms with E-state index >= 15 is 0 Å². The number of carbonyl (C=O) groups is 4. The fourth-order valence-corrected chi connectivity index (χ4v) is 2.63. The second-order valence-electron chi connectivity index (χ2n) is 7.92. The summed E-state index contributed by atoms with van der Waals surface area (Å²) in [6.45, 7) is 7.06. The summed E-state index contributed by atoms with van der Waals surface area (Å²) in [5.74, 6) is -2.04. The predicted octanol–water partition coefficient (Wildman–Crippen LogP) is 2.98. The van der Waals surface area contributed by atoms with Crippen LogP contribution in [0.15, 0.2) is 48.5 Å². The van der Waals surface area contributed by atoms with Gasteiger partial charge in [-0.3, -0.25) is 24.5 Å². The molecular formula is C23H26N2O5. The molecule has 0 radical (unpaired) electrons. The lowest BCUT2D eigenvalue weighted by molar-refractivity contribution is -0.147. The zero-order chi connectivity index (χ0) is 22.3. The second-order valence-corrected chi connectivity index (χ2v) is 7.92. The van der Waals surface area contributed by atoms with Gasteiger partial charge in [-0.2, -0.15) is 0 Å². The third-order valence-electron chi connectivity index (χ3n) is 4.25. The monoisotopic (exact) mass is 410 g/mol. The van der Waals surface area contributed by atoms with Crippen molar-refractivity contribution in [2.45, 2.75) is 39.5 Å². The molecule has 2 aromatic carbocycles. The fourth-order valence-electron chi connectivity index (χ4n) is 2.63. The summed E-state index contributed by atoms with van der Waals surface area (Å²) in [6.07, 6.45) is -0.0319. The minimum atomic E-state index is -0.700. The van der Waals surface area contributed by atoms with E-state index < -0.39 is 24.4 Å². The third kappa shape index (κ3) is 7.16. The Morgan fingerprint density at radius 2 is 1.50 bits per heavy atom. The topological polar surface area (TPSA) is 102 Å². The molecular weight excluding hydrogens is 384 g/mol. The number of hydrogen-bond donors (Lipinski definition) is 2. The Hall–Kier alpha value is -3.48. The molecule has 0 fully saturated rings. The van der Waals surface area contributed by atoms with Crippen LogP contribution >= 0.6 is 0 Å². The van der Waals surface area contributed by atoms with Crippen molar-refractivity contribution in [2.24, 2.45) is 0 Å². The van der Waals surface area contributed by atoms with Gasteiger partial charge in [-0.1, -0.05) is 45.0 Å². The smallest absolute Gasteiger partial charge is 0.310 e. The van der Waals surface area contributed by atoms with Gasteiger partial charge in [0.05, 0.1) is 6.42 Å². The summed E-state index contributed by atoms with van der Waals surface area (Å²) >= 11 is 0. The second kappa shape index (κ2) is 9.82. The molecule has 158 valence electrons. The number of ether oxygens (including phenoxy) is 1. The Kier molecular flexibility index (Phi) is 7.47. The van der Waals surface area contributed by atoms with E-state index in [1.54, 1.807) is 36.4 Å². The molecule has 2 rings (SSSR count). The molecule has 3 amide bonds. The van der Waals surface area contributed by atoms with Crippen LogP contribution in [0.1, 0.15) is 49.2 Å². The van der Waals surface area contributed by atoms with Gasteiger partial charge in [-0.15, -0.1) is 0 Å². The van der Waals surface area contributed by atoms with Crippen LogP contribution in [-0.2, 0) is 31.0 Å². The number of amides is 3. The number of nitrogens with one attached hydrogen (secondary N) is 2. The number of anilines is 1. The first-order valence-electron chi connectivity index (χ1n) is 9.51. The van der Waals surface area contributed by atoms with Crippen molar-refractivity contribution in [2.75, 3.05) is 11.9 Å². The van der Waals surface area contributed by atoms with E-state index in [0.717, 1.165) is 5.56 Å². The normalized spacial score (nSPS) is 10.8. The van der Waals surface area contributed by atoms with Crippen molar-refractivity contribution in [3.05, 3.63) is 65.2 Å². The summed E-state index contributed by atoms with van der Waals surface area (Å²) < 4.78 is 4.93. The summed E-state index contributed by atoms with van der Waals surface area (Å²) in [5, 5.41) is 4.83. The molecule has 0 unspecified atom stereocenters. The number of hydrogen-bond acceptors (Lipinski definition) is 5. The molecule has 30 heavy (non-hydrogen) atoms. The van der Waals surface area contributed by atoms with E-state index in [4.69, 9.17) is 4.74 Å². The quantitative estimate of drug-likeness (QED) is 0.713. The molecule has 0 saturated heterocycles. The number of rotatable bonds is 6. The first-order valence-corrected chi connectivity index (χ1v) is 9.51. The van der Waals surface area contributed by atoms with Crippen molar-refractivity contribution >= 4 is 29.4 Å². The molecule has 7 heteroatoms. The predicted molar refractivity (Wildman–Crippen MR) is 113 cm³/mol. The lowest BCUT2D eigenvalue weighted by Gasteiger charge is -2.19. The maximum Gasteiger partial charge on any atom is 0.310 e. The summed E-state index contributed by atoms with van der Waals surface area (Å²) in [5.41, 5.74) is 2.67. The third-order valence-corrected chi connectivity index (χ3v) is 4.25. The van der Waals surface area contributed by atoms with Crippen molar-refractivity contribution in [3.63, 3.8) is 0 Å². The summed E-state index contributed by atoms with van der Waals surface area (Å²) in [4.78, 5) is 47.0. The largest absolute Gasteiger partial charge is 0.455 e. The van der Waals surface area contributed by atoms with Crippen LogP contribution in [0.3, 0.4) is 0 Å². The number of esters is 1.